The maximum absolute atomic E-state index is 12.8. The van der Waals surface area contributed by atoms with Crippen LogP contribution in [0, 0.1) is 30.1 Å². The topological polar surface area (TPSA) is 133 Å². The average molecular weight is 531 g/mol. The molecule has 0 saturated carbocycles. The number of hydrogen-bond donors (Lipinski definition) is 4. The summed E-state index contributed by atoms with van der Waals surface area (Å²) in [6.07, 6.45) is 2.51. The van der Waals surface area contributed by atoms with Crippen LogP contribution in [-0.4, -0.2) is 58.2 Å². The summed E-state index contributed by atoms with van der Waals surface area (Å²) in [5.41, 5.74) is 9.54. The van der Waals surface area contributed by atoms with Gasteiger partial charge in [-0.3, -0.25) is 10.2 Å². The maximum Gasteiger partial charge on any atom is 0.284 e. The Morgan fingerprint density at radius 1 is 1.32 bits per heavy atom. The molecule has 1 aliphatic heterocycles. The minimum Gasteiger partial charge on any atom is -0.383 e. The van der Waals surface area contributed by atoms with E-state index in [1.165, 1.54) is 17.7 Å². The second-order valence-corrected chi connectivity index (χ2v) is 11.5. The van der Waals surface area contributed by atoms with Gasteiger partial charge < -0.3 is 21.3 Å². The van der Waals surface area contributed by atoms with Gasteiger partial charge in [-0.15, -0.1) is 11.3 Å². The summed E-state index contributed by atoms with van der Waals surface area (Å²) in [5, 5.41) is 17.2. The van der Waals surface area contributed by atoms with E-state index >= 15 is 0 Å². The van der Waals surface area contributed by atoms with Gasteiger partial charge >= 0.3 is 0 Å². The Bertz CT molecular complexity index is 1410. The molecule has 5 N–H and O–H groups in total. The molecule has 38 heavy (non-hydrogen) atoms. The molecule has 0 radical (unpaired) electrons. The summed E-state index contributed by atoms with van der Waals surface area (Å²) in [6.45, 7) is 11.0. The molecule has 1 aliphatic rings. The zero-order chi connectivity index (χ0) is 27.4. The van der Waals surface area contributed by atoms with Crippen molar-refractivity contribution in [1.82, 2.24) is 19.9 Å². The van der Waals surface area contributed by atoms with E-state index in [0.717, 1.165) is 37.3 Å². The van der Waals surface area contributed by atoms with Crippen LogP contribution in [0.15, 0.2) is 29.9 Å². The number of nitrogens with one attached hydrogen (secondary N) is 3. The summed E-state index contributed by atoms with van der Waals surface area (Å²) in [7, 11) is 2.11. The van der Waals surface area contributed by atoms with E-state index in [2.05, 4.69) is 70.1 Å². The Kier molecular flexibility index (Phi) is 8.09. The third-order valence-electron chi connectivity index (χ3n) is 6.46. The third-order valence-corrected chi connectivity index (χ3v) is 7.30. The molecule has 1 amide bonds. The predicted molar refractivity (Wildman–Crippen MR) is 154 cm³/mol. The number of nitrogen functional groups attached to an aromatic ring is 1. The van der Waals surface area contributed by atoms with Crippen LogP contribution in [0.2, 0.25) is 0 Å². The van der Waals surface area contributed by atoms with Crippen LogP contribution in [-0.2, 0) is 5.41 Å². The number of anilines is 3. The fourth-order valence-electron chi connectivity index (χ4n) is 4.15. The van der Waals surface area contributed by atoms with Gasteiger partial charge in [0.05, 0.1) is 11.3 Å². The highest BCUT2D eigenvalue weighted by molar-refractivity contribution is 7.11. The monoisotopic (exact) mass is 530 g/mol. The van der Waals surface area contributed by atoms with Crippen molar-refractivity contribution in [2.24, 2.45) is 5.92 Å². The number of aromatic nitrogens is 3. The van der Waals surface area contributed by atoms with Crippen molar-refractivity contribution in [1.29, 1.82) is 5.41 Å². The van der Waals surface area contributed by atoms with E-state index in [1.807, 2.05) is 24.4 Å². The molecule has 3 heterocycles. The molecule has 0 spiro atoms. The first kappa shape index (κ1) is 27.2. The number of nitrogens with two attached hydrogens (primary N) is 1. The van der Waals surface area contributed by atoms with Crippen molar-refractivity contribution in [3.05, 3.63) is 57.3 Å². The molecule has 10 heteroatoms. The van der Waals surface area contributed by atoms with Gasteiger partial charge in [-0.2, -0.15) is 0 Å². The van der Waals surface area contributed by atoms with Gasteiger partial charge in [0, 0.05) is 35.1 Å². The third kappa shape index (κ3) is 6.54. The number of nitrogens with zero attached hydrogens (tertiary/aromatic N) is 4. The Hall–Kier alpha value is -3.81. The smallest absolute Gasteiger partial charge is 0.284 e. The molecule has 4 rings (SSSR count). The van der Waals surface area contributed by atoms with Gasteiger partial charge in [-0.1, -0.05) is 32.8 Å². The average Bonchev–Trinajstić information content (AvgIpc) is 3.52. The Labute approximate surface area is 227 Å². The first-order valence-electron chi connectivity index (χ1n) is 12.5. The molecule has 1 fully saturated rings. The molecule has 1 unspecified atom stereocenters. The Morgan fingerprint density at radius 2 is 2.11 bits per heavy atom. The second kappa shape index (κ2) is 11.3. The van der Waals surface area contributed by atoms with Gasteiger partial charge in [0.25, 0.3) is 5.91 Å². The van der Waals surface area contributed by atoms with Gasteiger partial charge in [0.15, 0.2) is 5.01 Å². The highest BCUT2D eigenvalue weighted by Gasteiger charge is 2.22. The van der Waals surface area contributed by atoms with Gasteiger partial charge in [-0.05, 0) is 56.5 Å². The quantitative estimate of drug-likeness (QED) is 0.278. The van der Waals surface area contributed by atoms with Crippen LogP contribution in [0.1, 0.15) is 59.4 Å². The number of amides is 1. The fraction of sp³-hybridized carbons (Fsp3) is 0.393. The number of likely N-dealkylation sites (tertiary alicyclic amines) is 1. The number of carbonyl (C=O) groups is 1. The standard InChI is InChI=1S/C28H34N8OS/c1-17-6-8-20(34-26(37)27-35-22(15-38-27)28(2,3)4)12-19(17)7-9-21(29)23-24(30)32-16-33-25(23)31-13-18-10-11-36(5)14-18/h6,8,12,15-16,18,29H,10-11,13-14H2,1-5H3,(H,34,37)(H3,30,31,32,33). The van der Waals surface area contributed by atoms with Crippen molar-refractivity contribution in [3.8, 4) is 11.8 Å². The molecule has 9 nitrogen and oxygen atoms in total. The van der Waals surface area contributed by atoms with Gasteiger partial charge in [0.2, 0.25) is 0 Å². The molecule has 1 atom stereocenters. The van der Waals surface area contributed by atoms with Crippen LogP contribution in [0.25, 0.3) is 0 Å². The second-order valence-electron chi connectivity index (χ2n) is 10.7. The zero-order valence-electron chi connectivity index (χ0n) is 22.5. The predicted octanol–water partition coefficient (Wildman–Crippen LogP) is 4.16. The lowest BCUT2D eigenvalue weighted by atomic mass is 9.93. The highest BCUT2D eigenvalue weighted by atomic mass is 32.1. The van der Waals surface area contributed by atoms with E-state index < -0.39 is 0 Å². The lowest BCUT2D eigenvalue weighted by Gasteiger charge is -2.14. The van der Waals surface area contributed by atoms with Crippen LogP contribution in [0.3, 0.4) is 0 Å². The lowest BCUT2D eigenvalue weighted by Crippen LogP contribution is -2.21. The van der Waals surface area contributed by atoms with Crippen molar-refractivity contribution < 1.29 is 4.79 Å². The number of thiazole rings is 1. The van der Waals surface area contributed by atoms with Crippen molar-refractivity contribution in [2.45, 2.75) is 39.5 Å². The van der Waals surface area contributed by atoms with Crippen LogP contribution in [0.4, 0.5) is 17.3 Å². The summed E-state index contributed by atoms with van der Waals surface area (Å²) in [4.78, 5) is 28.0. The van der Waals surface area contributed by atoms with Crippen molar-refractivity contribution >= 4 is 40.3 Å². The van der Waals surface area contributed by atoms with Crippen LogP contribution >= 0.6 is 11.3 Å². The lowest BCUT2D eigenvalue weighted by molar-refractivity contribution is 0.102. The molecule has 2 aromatic heterocycles. The van der Waals surface area contributed by atoms with Crippen LogP contribution < -0.4 is 16.4 Å². The Balaban J connectivity index is 1.49. The molecule has 0 bridgehead atoms. The fourth-order valence-corrected chi connectivity index (χ4v) is 5.09. The summed E-state index contributed by atoms with van der Waals surface area (Å²) in [5.74, 6) is 6.94. The van der Waals surface area contributed by atoms with Crippen LogP contribution in [0.5, 0.6) is 0 Å². The largest absolute Gasteiger partial charge is 0.383 e. The SMILES string of the molecule is Cc1ccc(NC(=O)c2nc(C(C)(C)C)cs2)cc1C#CC(=N)c1c(N)ncnc1NCC1CCN(C)C1. The van der Waals surface area contributed by atoms with E-state index in [4.69, 9.17) is 11.1 Å². The zero-order valence-corrected chi connectivity index (χ0v) is 23.3. The first-order valence-corrected chi connectivity index (χ1v) is 13.4. The maximum atomic E-state index is 12.8. The van der Waals surface area contributed by atoms with Gasteiger partial charge in [0.1, 0.15) is 23.7 Å². The van der Waals surface area contributed by atoms with Crippen molar-refractivity contribution in [2.75, 3.05) is 43.0 Å². The molecule has 198 valence electrons. The number of rotatable bonds is 6. The number of aryl methyl sites for hydroxylation is 1. The minimum absolute atomic E-state index is 0.0282. The molecule has 3 aromatic rings. The van der Waals surface area contributed by atoms with Gasteiger partial charge in [-0.25, -0.2) is 15.0 Å². The number of carbonyl (C=O) groups excluding carboxylic acids is 1. The molecular weight excluding hydrogens is 496 g/mol. The normalized spacial score (nSPS) is 15.6. The molecule has 1 aromatic carbocycles. The van der Waals surface area contributed by atoms with E-state index in [-0.39, 0.29) is 22.9 Å². The summed E-state index contributed by atoms with van der Waals surface area (Å²) in [6, 6.07) is 5.51. The van der Waals surface area contributed by atoms with E-state index in [1.54, 1.807) is 6.07 Å². The number of benzene rings is 1. The Morgan fingerprint density at radius 3 is 2.79 bits per heavy atom. The minimum atomic E-state index is -0.264. The summed E-state index contributed by atoms with van der Waals surface area (Å²) >= 11 is 1.33. The van der Waals surface area contributed by atoms with E-state index in [0.29, 0.717) is 33.6 Å². The molecular formula is C28H34N8OS. The highest BCUT2D eigenvalue weighted by Crippen LogP contribution is 2.25. The summed E-state index contributed by atoms with van der Waals surface area (Å²) < 4.78 is 0. The molecule has 0 aliphatic carbocycles. The van der Waals surface area contributed by atoms with Crippen molar-refractivity contribution in [3.63, 3.8) is 0 Å². The molecule has 1 saturated heterocycles. The number of hydrogen-bond acceptors (Lipinski definition) is 9. The first-order chi connectivity index (χ1) is 18.0. The van der Waals surface area contributed by atoms with E-state index in [9.17, 15) is 4.79 Å².